The maximum atomic E-state index is 13.1. The third kappa shape index (κ3) is 3.98. The summed E-state index contributed by atoms with van der Waals surface area (Å²) in [6, 6.07) is 10.7. The van der Waals surface area contributed by atoms with Gasteiger partial charge in [-0.25, -0.2) is 14.1 Å². The van der Waals surface area contributed by atoms with Crippen LogP contribution in [0.2, 0.25) is 0 Å². The van der Waals surface area contributed by atoms with Crippen LogP contribution in [0.4, 0.5) is 4.39 Å². The Morgan fingerprint density at radius 2 is 1.88 bits per heavy atom. The van der Waals surface area contributed by atoms with Crippen molar-refractivity contribution in [2.45, 2.75) is 38.4 Å². The highest BCUT2D eigenvalue weighted by Gasteiger charge is 2.31. The molecule has 1 saturated heterocycles. The number of carbonyl (C=O) groups is 2. The van der Waals surface area contributed by atoms with Crippen LogP contribution in [0.3, 0.4) is 0 Å². The summed E-state index contributed by atoms with van der Waals surface area (Å²) in [5, 5.41) is 8.23. The standard InChI is InChI=1S/C23H23FN6O2/c24-18-7-8-20(25-12-18)23(32)30-10-3-6-19(30)14-29-15-21(26-27-29)22(31)28-11-9-16-4-1-2-5-17(16)13-28/h1-2,4-5,7-8,12,15,19H,3,6,9-11,13-14H2/t19-/m0/s1. The minimum absolute atomic E-state index is 0.0825. The molecule has 32 heavy (non-hydrogen) atoms. The molecule has 8 nitrogen and oxygen atoms in total. The average Bonchev–Trinajstić information content (AvgIpc) is 3.48. The van der Waals surface area contributed by atoms with Gasteiger partial charge >= 0.3 is 0 Å². The average molecular weight is 434 g/mol. The normalized spacial score (nSPS) is 18.0. The molecule has 0 aliphatic carbocycles. The van der Waals surface area contributed by atoms with Gasteiger partial charge in [-0.3, -0.25) is 9.59 Å². The van der Waals surface area contributed by atoms with Crippen molar-refractivity contribution in [1.29, 1.82) is 0 Å². The van der Waals surface area contributed by atoms with Crippen molar-refractivity contribution in [2.24, 2.45) is 0 Å². The predicted molar refractivity (Wildman–Crippen MR) is 113 cm³/mol. The summed E-state index contributed by atoms with van der Waals surface area (Å²) in [5.41, 5.74) is 2.97. The number of carbonyl (C=O) groups excluding carboxylic acids is 2. The number of halogens is 1. The molecule has 2 amide bonds. The summed E-state index contributed by atoms with van der Waals surface area (Å²) >= 11 is 0. The molecule has 0 saturated carbocycles. The number of benzene rings is 1. The number of aromatic nitrogens is 4. The second-order valence-electron chi connectivity index (χ2n) is 8.23. The van der Waals surface area contributed by atoms with E-state index < -0.39 is 5.82 Å². The van der Waals surface area contributed by atoms with Crippen molar-refractivity contribution in [3.8, 4) is 0 Å². The molecular formula is C23H23FN6O2. The maximum Gasteiger partial charge on any atom is 0.276 e. The van der Waals surface area contributed by atoms with Gasteiger partial charge in [0.15, 0.2) is 5.69 Å². The molecule has 1 fully saturated rings. The molecule has 0 spiro atoms. The quantitative estimate of drug-likeness (QED) is 0.629. The van der Waals surface area contributed by atoms with Crippen LogP contribution in [-0.2, 0) is 19.5 Å². The van der Waals surface area contributed by atoms with Crippen molar-refractivity contribution in [3.63, 3.8) is 0 Å². The Morgan fingerprint density at radius 3 is 2.69 bits per heavy atom. The van der Waals surface area contributed by atoms with Crippen molar-refractivity contribution < 1.29 is 14.0 Å². The van der Waals surface area contributed by atoms with Gasteiger partial charge in [-0.2, -0.15) is 0 Å². The fraction of sp³-hybridized carbons (Fsp3) is 0.348. The van der Waals surface area contributed by atoms with Crippen molar-refractivity contribution in [1.82, 2.24) is 29.8 Å². The maximum absolute atomic E-state index is 13.1. The molecule has 1 aromatic carbocycles. The van der Waals surface area contributed by atoms with Crippen LogP contribution in [0.15, 0.2) is 48.8 Å². The van der Waals surface area contributed by atoms with Crippen LogP contribution in [0.5, 0.6) is 0 Å². The zero-order chi connectivity index (χ0) is 22.1. The van der Waals surface area contributed by atoms with E-state index in [0.29, 0.717) is 31.9 Å². The van der Waals surface area contributed by atoms with Gasteiger partial charge in [0.2, 0.25) is 0 Å². The van der Waals surface area contributed by atoms with Gasteiger partial charge in [-0.1, -0.05) is 29.5 Å². The summed E-state index contributed by atoms with van der Waals surface area (Å²) in [5.74, 6) is -0.840. The highest BCUT2D eigenvalue weighted by molar-refractivity contribution is 5.93. The van der Waals surface area contributed by atoms with E-state index in [1.54, 1.807) is 20.7 Å². The molecule has 0 radical (unpaired) electrons. The van der Waals surface area contributed by atoms with E-state index in [2.05, 4.69) is 21.4 Å². The van der Waals surface area contributed by atoms with Crippen molar-refractivity contribution >= 4 is 11.8 Å². The van der Waals surface area contributed by atoms with Crippen molar-refractivity contribution in [2.75, 3.05) is 13.1 Å². The molecule has 5 rings (SSSR count). The summed E-state index contributed by atoms with van der Waals surface area (Å²) in [6.45, 7) is 2.27. The number of amides is 2. The molecule has 2 aromatic heterocycles. The zero-order valence-electron chi connectivity index (χ0n) is 17.5. The molecule has 164 valence electrons. The highest BCUT2D eigenvalue weighted by atomic mass is 19.1. The van der Waals surface area contributed by atoms with Crippen LogP contribution >= 0.6 is 0 Å². The predicted octanol–water partition coefficient (Wildman–Crippen LogP) is 2.32. The van der Waals surface area contributed by atoms with Crippen LogP contribution in [0, 0.1) is 5.82 Å². The van der Waals surface area contributed by atoms with Gasteiger partial charge in [-0.15, -0.1) is 5.10 Å². The second kappa shape index (κ2) is 8.49. The van der Waals surface area contributed by atoms with Crippen molar-refractivity contribution in [3.05, 3.63) is 77.1 Å². The lowest BCUT2D eigenvalue weighted by molar-refractivity contribution is 0.0710. The van der Waals surface area contributed by atoms with E-state index in [1.165, 1.54) is 17.7 Å². The van der Waals surface area contributed by atoms with Gasteiger partial charge in [0.25, 0.3) is 11.8 Å². The number of nitrogens with zero attached hydrogens (tertiary/aromatic N) is 6. The SMILES string of the molecule is O=C(c1cn(C[C@@H]2CCCN2C(=O)c2ccc(F)cn2)nn1)N1CCc2ccccc2C1. The number of fused-ring (bicyclic) bond motifs is 1. The summed E-state index contributed by atoms with van der Waals surface area (Å²) < 4.78 is 14.8. The molecule has 3 aromatic rings. The molecule has 1 atom stereocenters. The summed E-state index contributed by atoms with van der Waals surface area (Å²) in [7, 11) is 0. The third-order valence-electron chi connectivity index (χ3n) is 6.16. The first kappa shape index (κ1) is 20.3. The fourth-order valence-corrected chi connectivity index (χ4v) is 4.47. The molecule has 0 bridgehead atoms. The number of rotatable bonds is 4. The topological polar surface area (TPSA) is 84.2 Å². The molecule has 0 N–H and O–H groups in total. The minimum Gasteiger partial charge on any atom is -0.333 e. The number of pyridine rings is 1. The smallest absolute Gasteiger partial charge is 0.276 e. The molecule has 2 aliphatic heterocycles. The summed E-state index contributed by atoms with van der Waals surface area (Å²) in [4.78, 5) is 33.2. The van der Waals surface area contributed by atoms with Gasteiger partial charge in [0.1, 0.15) is 11.5 Å². The lowest BCUT2D eigenvalue weighted by Crippen LogP contribution is -2.38. The molecule has 0 unspecified atom stereocenters. The lowest BCUT2D eigenvalue weighted by atomic mass is 10.00. The Bertz CT molecular complexity index is 1150. The molecular weight excluding hydrogens is 411 g/mol. The van der Waals surface area contributed by atoms with E-state index in [4.69, 9.17) is 0 Å². The first-order valence-electron chi connectivity index (χ1n) is 10.8. The first-order chi connectivity index (χ1) is 15.6. The van der Waals surface area contributed by atoms with Gasteiger partial charge in [0.05, 0.1) is 25.0 Å². The van der Waals surface area contributed by atoms with Gasteiger partial charge in [0, 0.05) is 19.6 Å². The van der Waals surface area contributed by atoms with E-state index in [9.17, 15) is 14.0 Å². The zero-order valence-corrected chi connectivity index (χ0v) is 17.5. The lowest BCUT2D eigenvalue weighted by Gasteiger charge is -2.28. The number of likely N-dealkylation sites (tertiary alicyclic amines) is 1. The van der Waals surface area contributed by atoms with Gasteiger partial charge < -0.3 is 9.80 Å². The Morgan fingerprint density at radius 1 is 1.03 bits per heavy atom. The first-order valence-corrected chi connectivity index (χ1v) is 10.8. The largest absolute Gasteiger partial charge is 0.333 e. The van der Waals surface area contributed by atoms with Crippen LogP contribution < -0.4 is 0 Å². The Kier molecular flexibility index (Phi) is 5.38. The van der Waals surface area contributed by atoms with E-state index >= 15 is 0 Å². The van der Waals surface area contributed by atoms with Crippen LogP contribution in [-0.4, -0.2) is 60.7 Å². The van der Waals surface area contributed by atoms with Crippen LogP contribution in [0.1, 0.15) is 44.9 Å². The van der Waals surface area contributed by atoms with E-state index in [0.717, 1.165) is 31.0 Å². The second-order valence-corrected chi connectivity index (χ2v) is 8.23. The monoisotopic (exact) mass is 434 g/mol. The molecule has 2 aliphatic rings. The molecule has 4 heterocycles. The third-order valence-corrected chi connectivity index (χ3v) is 6.16. The Labute approximate surface area is 184 Å². The Hall–Kier alpha value is -3.62. The molecule has 9 heteroatoms. The number of hydrogen-bond acceptors (Lipinski definition) is 5. The van der Waals surface area contributed by atoms with Crippen LogP contribution in [0.25, 0.3) is 0 Å². The van der Waals surface area contributed by atoms with Gasteiger partial charge in [-0.05, 0) is 42.5 Å². The minimum atomic E-state index is -0.475. The fourth-order valence-electron chi connectivity index (χ4n) is 4.47. The summed E-state index contributed by atoms with van der Waals surface area (Å²) in [6.07, 6.45) is 5.21. The highest BCUT2D eigenvalue weighted by Crippen LogP contribution is 2.22. The Balaban J connectivity index is 1.25. The number of hydrogen-bond donors (Lipinski definition) is 0. The van der Waals surface area contributed by atoms with E-state index in [1.807, 2.05) is 18.2 Å². The van der Waals surface area contributed by atoms with E-state index in [-0.39, 0.29) is 23.6 Å².